The van der Waals surface area contributed by atoms with Gasteiger partial charge in [0.2, 0.25) is 15.9 Å². The minimum atomic E-state index is -3.61. The molecule has 0 aliphatic carbocycles. The Morgan fingerprint density at radius 3 is 2.33 bits per heavy atom. The fraction of sp³-hybridized carbons (Fsp3) is 0.263. The number of Topliss-reactive ketones (excluding diaryl/α,β-unsaturated/α-hetero) is 1. The molecule has 1 amide bonds. The van der Waals surface area contributed by atoms with E-state index in [4.69, 9.17) is 4.74 Å². The molecule has 0 atom stereocenters. The van der Waals surface area contributed by atoms with Gasteiger partial charge in [0.05, 0.1) is 19.1 Å². The van der Waals surface area contributed by atoms with Crippen molar-refractivity contribution in [3.8, 4) is 5.75 Å². The second-order valence-electron chi connectivity index (χ2n) is 5.97. The van der Waals surface area contributed by atoms with Gasteiger partial charge >= 0.3 is 0 Å². The molecular formula is C19H22N2O5S. The summed E-state index contributed by atoms with van der Waals surface area (Å²) in [5, 5.41) is 2.71. The van der Waals surface area contributed by atoms with Crippen molar-refractivity contribution >= 4 is 33.1 Å². The van der Waals surface area contributed by atoms with Crippen molar-refractivity contribution in [1.82, 2.24) is 0 Å². The van der Waals surface area contributed by atoms with Crippen molar-refractivity contribution in [2.75, 3.05) is 29.5 Å². The molecule has 144 valence electrons. The summed E-state index contributed by atoms with van der Waals surface area (Å²) in [6, 6.07) is 13.1. The Bertz CT molecular complexity index is 923. The fourth-order valence-electron chi connectivity index (χ4n) is 2.47. The minimum Gasteiger partial charge on any atom is -0.497 e. The van der Waals surface area contributed by atoms with Gasteiger partial charge in [0, 0.05) is 24.2 Å². The molecule has 0 aromatic heterocycles. The van der Waals surface area contributed by atoms with Gasteiger partial charge in [-0.05, 0) is 43.3 Å². The van der Waals surface area contributed by atoms with E-state index in [0.717, 1.165) is 10.6 Å². The molecule has 0 aliphatic rings. The van der Waals surface area contributed by atoms with E-state index >= 15 is 0 Å². The Morgan fingerprint density at radius 2 is 1.78 bits per heavy atom. The van der Waals surface area contributed by atoms with Crippen LogP contribution in [-0.4, -0.2) is 40.0 Å². The standard InChI is InChI=1S/C19H22N2O5S/c1-14(22)15-5-4-6-17(13-15)21(27(3,24)25)12-11-19(23)20-16-7-9-18(26-2)10-8-16/h4-10,13H,11-12H2,1-3H3,(H,20,23). The summed E-state index contributed by atoms with van der Waals surface area (Å²) >= 11 is 0. The molecule has 0 aliphatic heterocycles. The average Bonchev–Trinajstić information content (AvgIpc) is 2.61. The van der Waals surface area contributed by atoms with Gasteiger partial charge in [-0.3, -0.25) is 13.9 Å². The van der Waals surface area contributed by atoms with Crippen LogP contribution >= 0.6 is 0 Å². The smallest absolute Gasteiger partial charge is 0.232 e. The predicted octanol–water partition coefficient (Wildman–Crippen LogP) is 2.69. The van der Waals surface area contributed by atoms with Crippen LogP contribution in [0.3, 0.4) is 0 Å². The van der Waals surface area contributed by atoms with Crippen molar-refractivity contribution in [3.05, 3.63) is 54.1 Å². The van der Waals surface area contributed by atoms with Crippen molar-refractivity contribution < 1.29 is 22.7 Å². The van der Waals surface area contributed by atoms with Crippen molar-refractivity contribution in [2.24, 2.45) is 0 Å². The molecule has 0 spiro atoms. The van der Waals surface area contributed by atoms with Crippen LogP contribution in [-0.2, 0) is 14.8 Å². The number of benzene rings is 2. The van der Waals surface area contributed by atoms with E-state index in [2.05, 4.69) is 5.32 Å². The number of anilines is 2. The molecule has 0 heterocycles. The monoisotopic (exact) mass is 390 g/mol. The van der Waals surface area contributed by atoms with Crippen LogP contribution in [0.15, 0.2) is 48.5 Å². The highest BCUT2D eigenvalue weighted by molar-refractivity contribution is 7.92. The zero-order chi connectivity index (χ0) is 20.0. The summed E-state index contributed by atoms with van der Waals surface area (Å²) in [6.45, 7) is 1.37. The average molecular weight is 390 g/mol. The SMILES string of the molecule is COc1ccc(NC(=O)CCN(c2cccc(C(C)=O)c2)S(C)(=O)=O)cc1. The van der Waals surface area contributed by atoms with E-state index < -0.39 is 10.0 Å². The van der Waals surface area contributed by atoms with Crippen LogP contribution in [0.1, 0.15) is 23.7 Å². The number of nitrogens with zero attached hydrogens (tertiary/aromatic N) is 1. The number of carbonyl (C=O) groups is 2. The van der Waals surface area contributed by atoms with Crippen LogP contribution in [0.4, 0.5) is 11.4 Å². The van der Waals surface area contributed by atoms with Crippen molar-refractivity contribution in [1.29, 1.82) is 0 Å². The number of sulfonamides is 1. The van der Waals surface area contributed by atoms with E-state index in [1.54, 1.807) is 49.6 Å². The number of nitrogens with one attached hydrogen (secondary N) is 1. The maximum absolute atomic E-state index is 12.2. The number of hydrogen-bond donors (Lipinski definition) is 1. The Morgan fingerprint density at radius 1 is 1.11 bits per heavy atom. The Hall–Kier alpha value is -2.87. The lowest BCUT2D eigenvalue weighted by molar-refractivity contribution is -0.116. The molecular weight excluding hydrogens is 368 g/mol. The molecule has 2 aromatic carbocycles. The number of hydrogen-bond acceptors (Lipinski definition) is 5. The van der Waals surface area contributed by atoms with Gasteiger partial charge in [0.15, 0.2) is 5.78 Å². The van der Waals surface area contributed by atoms with Gasteiger partial charge in [-0.25, -0.2) is 8.42 Å². The minimum absolute atomic E-state index is 0.0383. The lowest BCUT2D eigenvalue weighted by atomic mass is 10.1. The highest BCUT2D eigenvalue weighted by atomic mass is 32.2. The van der Waals surface area contributed by atoms with E-state index in [9.17, 15) is 18.0 Å². The molecule has 2 rings (SSSR count). The molecule has 0 saturated heterocycles. The quantitative estimate of drug-likeness (QED) is 0.700. The summed E-state index contributed by atoms with van der Waals surface area (Å²) in [5.41, 5.74) is 1.34. The highest BCUT2D eigenvalue weighted by Crippen LogP contribution is 2.20. The summed E-state index contributed by atoms with van der Waals surface area (Å²) in [4.78, 5) is 23.7. The first-order chi connectivity index (χ1) is 12.7. The molecule has 0 saturated carbocycles. The zero-order valence-corrected chi connectivity index (χ0v) is 16.2. The largest absolute Gasteiger partial charge is 0.497 e. The third kappa shape index (κ3) is 5.82. The number of methoxy groups -OCH3 is 1. The van der Waals surface area contributed by atoms with E-state index in [-0.39, 0.29) is 24.7 Å². The Kier molecular flexibility index (Phi) is 6.57. The molecule has 8 heteroatoms. The van der Waals surface area contributed by atoms with Crippen LogP contribution in [0.25, 0.3) is 0 Å². The summed E-state index contributed by atoms with van der Waals surface area (Å²) < 4.78 is 30.5. The van der Waals surface area contributed by atoms with Crippen LogP contribution in [0, 0.1) is 0 Å². The maximum atomic E-state index is 12.2. The van der Waals surface area contributed by atoms with E-state index in [1.165, 1.54) is 13.0 Å². The molecule has 7 nitrogen and oxygen atoms in total. The van der Waals surface area contributed by atoms with Gasteiger partial charge in [-0.15, -0.1) is 0 Å². The Labute approximate surface area is 159 Å². The number of ketones is 1. The molecule has 0 fully saturated rings. The summed E-state index contributed by atoms with van der Waals surface area (Å²) in [6.07, 6.45) is 1.03. The first-order valence-electron chi connectivity index (χ1n) is 8.23. The maximum Gasteiger partial charge on any atom is 0.232 e. The van der Waals surface area contributed by atoms with Crippen LogP contribution < -0.4 is 14.4 Å². The lowest BCUT2D eigenvalue weighted by Gasteiger charge is -2.22. The number of ether oxygens (including phenoxy) is 1. The van der Waals surface area contributed by atoms with Gasteiger partial charge in [0.25, 0.3) is 0 Å². The van der Waals surface area contributed by atoms with E-state index in [0.29, 0.717) is 22.7 Å². The first kappa shape index (κ1) is 20.4. The van der Waals surface area contributed by atoms with Crippen LogP contribution in [0.2, 0.25) is 0 Å². The lowest BCUT2D eigenvalue weighted by Crippen LogP contribution is -2.33. The molecule has 27 heavy (non-hydrogen) atoms. The summed E-state index contributed by atoms with van der Waals surface area (Å²) in [5.74, 6) is 0.181. The van der Waals surface area contributed by atoms with Gasteiger partial charge in [0.1, 0.15) is 5.75 Å². The molecule has 0 bridgehead atoms. The van der Waals surface area contributed by atoms with Gasteiger partial charge in [-0.2, -0.15) is 0 Å². The second-order valence-corrected chi connectivity index (χ2v) is 7.88. The summed E-state index contributed by atoms with van der Waals surface area (Å²) in [7, 11) is -2.06. The first-order valence-corrected chi connectivity index (χ1v) is 10.1. The normalized spacial score (nSPS) is 10.9. The van der Waals surface area contributed by atoms with Gasteiger partial charge < -0.3 is 10.1 Å². The van der Waals surface area contributed by atoms with Crippen molar-refractivity contribution in [2.45, 2.75) is 13.3 Å². The Balaban J connectivity index is 2.09. The third-order valence-electron chi connectivity index (χ3n) is 3.86. The second kappa shape index (κ2) is 8.68. The molecule has 2 aromatic rings. The number of rotatable bonds is 8. The third-order valence-corrected chi connectivity index (χ3v) is 5.05. The number of amides is 1. The number of carbonyl (C=O) groups excluding carboxylic acids is 2. The molecule has 1 N–H and O–H groups in total. The van der Waals surface area contributed by atoms with E-state index in [1.807, 2.05) is 0 Å². The molecule has 0 radical (unpaired) electrons. The topological polar surface area (TPSA) is 92.8 Å². The highest BCUT2D eigenvalue weighted by Gasteiger charge is 2.19. The predicted molar refractivity (Wildman–Crippen MR) is 105 cm³/mol. The fourth-order valence-corrected chi connectivity index (χ4v) is 3.39. The molecule has 0 unspecified atom stereocenters. The van der Waals surface area contributed by atoms with Crippen molar-refractivity contribution in [3.63, 3.8) is 0 Å². The zero-order valence-electron chi connectivity index (χ0n) is 15.4. The van der Waals surface area contributed by atoms with Crippen LogP contribution in [0.5, 0.6) is 5.75 Å². The van der Waals surface area contributed by atoms with Gasteiger partial charge in [-0.1, -0.05) is 12.1 Å².